The molecule has 1 aromatic carbocycles. The molecule has 0 bridgehead atoms. The maximum atomic E-state index is 11.9. The average Bonchev–Trinajstić information content (AvgIpc) is 2.39. The average molecular weight is 226 g/mol. The molecule has 1 aromatic heterocycles. The number of hydrogen-bond donors (Lipinski definition) is 0. The second-order valence-electron chi connectivity index (χ2n) is 3.68. The predicted octanol–water partition coefficient (Wildman–Crippen LogP) is 2.14. The summed E-state index contributed by atoms with van der Waals surface area (Å²) in [6.45, 7) is 0.0267. The zero-order chi connectivity index (χ0) is 11.7. The molecule has 0 fully saturated rings. The van der Waals surface area contributed by atoms with Crippen molar-refractivity contribution >= 4 is 17.3 Å². The fraction of sp³-hybridized carbons (Fsp3) is 0.0769. The smallest absolute Gasteiger partial charge is 0.269 e. The van der Waals surface area contributed by atoms with Crippen LogP contribution in [0.3, 0.4) is 0 Å². The lowest BCUT2D eigenvalue weighted by molar-refractivity contribution is -0.120. The fourth-order valence-corrected chi connectivity index (χ4v) is 1.85. The third kappa shape index (κ3) is 1.63. The van der Waals surface area contributed by atoms with Crippen LogP contribution in [0, 0.1) is 0 Å². The molecule has 0 spiro atoms. The number of rotatable bonds is 1. The molecule has 4 heteroatoms. The molecule has 0 N–H and O–H groups in total. The van der Waals surface area contributed by atoms with Crippen LogP contribution < -0.4 is 9.64 Å². The largest absolute Gasteiger partial charge is 0.466 e. The molecule has 4 nitrogen and oxygen atoms in total. The number of amides is 1. The van der Waals surface area contributed by atoms with Gasteiger partial charge in [-0.25, -0.2) is 4.98 Å². The Hall–Kier alpha value is -2.36. The maximum Gasteiger partial charge on any atom is 0.269 e. The Labute approximate surface area is 98.5 Å². The van der Waals surface area contributed by atoms with Gasteiger partial charge in [0.1, 0.15) is 5.69 Å². The van der Waals surface area contributed by atoms with Gasteiger partial charge in [0, 0.05) is 11.9 Å². The highest BCUT2D eigenvalue weighted by Crippen LogP contribution is 2.34. The molecule has 2 heterocycles. The van der Waals surface area contributed by atoms with Crippen LogP contribution in [-0.4, -0.2) is 17.5 Å². The monoisotopic (exact) mass is 226 g/mol. The summed E-state index contributed by atoms with van der Waals surface area (Å²) >= 11 is 0. The number of pyridine rings is 1. The maximum absolute atomic E-state index is 11.9. The van der Waals surface area contributed by atoms with Crippen molar-refractivity contribution in [2.45, 2.75) is 0 Å². The molecule has 3 rings (SSSR count). The van der Waals surface area contributed by atoms with Crippen molar-refractivity contribution in [2.75, 3.05) is 11.5 Å². The summed E-state index contributed by atoms with van der Waals surface area (Å²) in [4.78, 5) is 17.7. The van der Waals surface area contributed by atoms with Gasteiger partial charge in [0.05, 0.1) is 0 Å². The Morgan fingerprint density at radius 1 is 1.12 bits per heavy atom. The van der Waals surface area contributed by atoms with Gasteiger partial charge in [-0.3, -0.25) is 9.69 Å². The van der Waals surface area contributed by atoms with Crippen LogP contribution in [0.2, 0.25) is 0 Å². The van der Waals surface area contributed by atoms with Gasteiger partial charge in [-0.1, -0.05) is 18.2 Å². The van der Waals surface area contributed by atoms with Crippen molar-refractivity contribution in [2.24, 2.45) is 0 Å². The van der Waals surface area contributed by atoms with Gasteiger partial charge < -0.3 is 4.74 Å². The van der Waals surface area contributed by atoms with E-state index in [-0.39, 0.29) is 12.5 Å². The van der Waals surface area contributed by atoms with Crippen molar-refractivity contribution in [3.8, 4) is 5.88 Å². The van der Waals surface area contributed by atoms with Crippen LogP contribution in [-0.2, 0) is 4.79 Å². The summed E-state index contributed by atoms with van der Waals surface area (Å²) in [6, 6.07) is 13.1. The first-order valence-electron chi connectivity index (χ1n) is 5.32. The first kappa shape index (κ1) is 9.84. The van der Waals surface area contributed by atoms with Crippen LogP contribution in [0.1, 0.15) is 0 Å². The van der Waals surface area contributed by atoms with Crippen LogP contribution in [0.4, 0.5) is 11.4 Å². The molecule has 2 aromatic rings. The van der Waals surface area contributed by atoms with E-state index in [1.54, 1.807) is 17.2 Å². The van der Waals surface area contributed by atoms with Gasteiger partial charge >= 0.3 is 0 Å². The first-order chi connectivity index (χ1) is 8.36. The topological polar surface area (TPSA) is 42.4 Å². The number of para-hydroxylation sites is 1. The highest BCUT2D eigenvalue weighted by Gasteiger charge is 2.27. The number of ether oxygens (including phenoxy) is 1. The van der Waals surface area contributed by atoms with Gasteiger partial charge in [0.2, 0.25) is 5.88 Å². The minimum atomic E-state index is -0.0864. The van der Waals surface area contributed by atoms with Crippen molar-refractivity contribution in [3.63, 3.8) is 0 Å². The number of benzene rings is 1. The van der Waals surface area contributed by atoms with Crippen molar-refractivity contribution < 1.29 is 9.53 Å². The van der Waals surface area contributed by atoms with E-state index >= 15 is 0 Å². The van der Waals surface area contributed by atoms with E-state index in [2.05, 4.69) is 4.98 Å². The molecular formula is C13H10N2O2. The minimum Gasteiger partial charge on any atom is -0.466 e. The standard InChI is InChI=1S/C13H10N2O2/c16-12-9-17-13-11(7-4-8-14-13)15(12)10-5-2-1-3-6-10/h1-8H,9H2. The molecule has 0 unspecified atom stereocenters. The second kappa shape index (κ2) is 3.90. The Kier molecular flexibility index (Phi) is 2.26. The Morgan fingerprint density at radius 3 is 2.76 bits per heavy atom. The highest BCUT2D eigenvalue weighted by atomic mass is 16.5. The first-order valence-corrected chi connectivity index (χ1v) is 5.32. The molecule has 1 amide bonds. The SMILES string of the molecule is O=C1COc2ncccc2N1c1ccccc1. The van der Waals surface area contributed by atoms with Gasteiger partial charge in [-0.2, -0.15) is 0 Å². The van der Waals surface area contributed by atoms with Gasteiger partial charge in [0.25, 0.3) is 5.91 Å². The number of fused-ring (bicyclic) bond motifs is 1. The van der Waals surface area contributed by atoms with Crippen LogP contribution in [0.25, 0.3) is 0 Å². The molecule has 17 heavy (non-hydrogen) atoms. The normalized spacial score (nSPS) is 14.1. The number of hydrogen-bond acceptors (Lipinski definition) is 3. The summed E-state index contributed by atoms with van der Waals surface area (Å²) in [5, 5.41) is 0. The second-order valence-corrected chi connectivity index (χ2v) is 3.68. The summed E-state index contributed by atoms with van der Waals surface area (Å²) in [7, 11) is 0. The number of carbonyl (C=O) groups is 1. The lowest BCUT2D eigenvalue weighted by Gasteiger charge is -2.28. The van der Waals surface area contributed by atoms with Crippen molar-refractivity contribution in [3.05, 3.63) is 48.7 Å². The quantitative estimate of drug-likeness (QED) is 0.748. The minimum absolute atomic E-state index is 0.0267. The summed E-state index contributed by atoms with van der Waals surface area (Å²) in [5.41, 5.74) is 1.52. The number of nitrogens with zero attached hydrogens (tertiary/aromatic N) is 2. The highest BCUT2D eigenvalue weighted by molar-refractivity contribution is 6.03. The molecule has 84 valence electrons. The molecule has 0 aliphatic carbocycles. The van der Waals surface area contributed by atoms with E-state index in [0.29, 0.717) is 11.6 Å². The zero-order valence-electron chi connectivity index (χ0n) is 9.04. The van der Waals surface area contributed by atoms with E-state index in [0.717, 1.165) is 5.69 Å². The molecule has 0 saturated carbocycles. The van der Waals surface area contributed by atoms with Crippen LogP contribution in [0.15, 0.2) is 48.7 Å². The fourth-order valence-electron chi connectivity index (χ4n) is 1.85. The van der Waals surface area contributed by atoms with Gasteiger partial charge in [-0.15, -0.1) is 0 Å². The number of aromatic nitrogens is 1. The van der Waals surface area contributed by atoms with Gasteiger partial charge in [-0.05, 0) is 24.3 Å². The van der Waals surface area contributed by atoms with E-state index in [1.807, 2.05) is 36.4 Å². The van der Waals surface area contributed by atoms with E-state index in [4.69, 9.17) is 4.74 Å². The number of anilines is 2. The molecule has 0 atom stereocenters. The molecule has 0 saturated heterocycles. The molecular weight excluding hydrogens is 216 g/mol. The molecule has 0 radical (unpaired) electrons. The summed E-state index contributed by atoms with van der Waals surface area (Å²) in [6.07, 6.45) is 1.65. The Balaban J connectivity index is 2.13. The molecule has 1 aliphatic rings. The summed E-state index contributed by atoms with van der Waals surface area (Å²) in [5.74, 6) is 0.410. The lowest BCUT2D eigenvalue weighted by Crippen LogP contribution is -2.35. The summed E-state index contributed by atoms with van der Waals surface area (Å²) < 4.78 is 5.29. The third-order valence-corrected chi connectivity index (χ3v) is 2.59. The van der Waals surface area contributed by atoms with Gasteiger partial charge in [0.15, 0.2) is 6.61 Å². The van der Waals surface area contributed by atoms with Crippen molar-refractivity contribution in [1.29, 1.82) is 0 Å². The number of carbonyl (C=O) groups excluding carboxylic acids is 1. The van der Waals surface area contributed by atoms with Crippen molar-refractivity contribution in [1.82, 2.24) is 4.98 Å². The van der Waals surface area contributed by atoms with Crippen LogP contribution >= 0.6 is 0 Å². The van der Waals surface area contributed by atoms with E-state index < -0.39 is 0 Å². The van der Waals surface area contributed by atoms with Crippen LogP contribution in [0.5, 0.6) is 5.88 Å². The molecule has 1 aliphatic heterocycles. The third-order valence-electron chi connectivity index (χ3n) is 2.59. The Morgan fingerprint density at radius 2 is 1.94 bits per heavy atom. The van der Waals surface area contributed by atoms with E-state index in [1.165, 1.54) is 0 Å². The Bertz CT molecular complexity index is 554. The predicted molar refractivity (Wildman–Crippen MR) is 63.3 cm³/mol. The van der Waals surface area contributed by atoms with E-state index in [9.17, 15) is 4.79 Å². The lowest BCUT2D eigenvalue weighted by atomic mass is 10.2. The zero-order valence-corrected chi connectivity index (χ0v) is 9.04.